The van der Waals surface area contributed by atoms with Crippen molar-refractivity contribution in [3.63, 3.8) is 0 Å². The maximum Gasteiger partial charge on any atom is 0.269 e. The highest BCUT2D eigenvalue weighted by Crippen LogP contribution is 2.56. The molecule has 3 fully saturated rings. The third kappa shape index (κ3) is 2.51. The molecule has 0 bridgehead atoms. The second-order valence-corrected chi connectivity index (χ2v) is 8.00. The lowest BCUT2D eigenvalue weighted by molar-refractivity contribution is -0.385. The Balaban J connectivity index is 1.56. The van der Waals surface area contributed by atoms with Gasteiger partial charge < -0.3 is 14.2 Å². The van der Waals surface area contributed by atoms with Gasteiger partial charge in [-0.2, -0.15) is 0 Å². The standard InChI is InChI=1S/C20H19N3O7/c1-19(12-5-3-7-14(9-12)22(24)25)17-21-16(11-28-17)29-20(2,18(21)30-19)13-6-4-8-15(10-13)23(26)27/h3-10,16-18H,11H2,1-2H3/t16-,17-,18-,19+,20+/m0/s1. The van der Waals surface area contributed by atoms with Gasteiger partial charge in [-0.05, 0) is 25.0 Å². The highest BCUT2D eigenvalue weighted by Gasteiger charge is 2.68. The summed E-state index contributed by atoms with van der Waals surface area (Å²) < 4.78 is 18.7. The zero-order chi connectivity index (χ0) is 21.3. The van der Waals surface area contributed by atoms with Crippen molar-refractivity contribution in [2.45, 2.75) is 43.7 Å². The fourth-order valence-electron chi connectivity index (χ4n) is 4.68. The average molecular weight is 413 g/mol. The van der Waals surface area contributed by atoms with Crippen molar-refractivity contribution in [1.29, 1.82) is 0 Å². The largest absolute Gasteiger partial charge is 0.355 e. The predicted octanol–water partition coefficient (Wildman–Crippen LogP) is 3.00. The fourth-order valence-corrected chi connectivity index (χ4v) is 4.68. The summed E-state index contributed by atoms with van der Waals surface area (Å²) in [6, 6.07) is 12.6. The van der Waals surface area contributed by atoms with Crippen LogP contribution >= 0.6 is 0 Å². The predicted molar refractivity (Wildman–Crippen MR) is 102 cm³/mol. The van der Waals surface area contributed by atoms with E-state index in [2.05, 4.69) is 0 Å². The maximum absolute atomic E-state index is 11.3. The minimum atomic E-state index is -0.975. The second kappa shape index (κ2) is 6.29. The van der Waals surface area contributed by atoms with E-state index in [1.807, 2.05) is 18.7 Å². The molecule has 0 aromatic heterocycles. The second-order valence-electron chi connectivity index (χ2n) is 8.00. The Morgan fingerprint density at radius 2 is 1.43 bits per heavy atom. The molecule has 156 valence electrons. The van der Waals surface area contributed by atoms with Crippen LogP contribution in [-0.2, 0) is 25.4 Å². The molecule has 3 saturated heterocycles. The van der Waals surface area contributed by atoms with Gasteiger partial charge in [0.05, 0.1) is 16.5 Å². The van der Waals surface area contributed by atoms with Gasteiger partial charge in [-0.3, -0.25) is 20.2 Å². The highest BCUT2D eigenvalue weighted by atomic mass is 16.7. The molecule has 3 heterocycles. The van der Waals surface area contributed by atoms with Gasteiger partial charge in [0.1, 0.15) is 29.9 Å². The molecule has 3 aliphatic heterocycles. The molecule has 0 spiro atoms. The maximum atomic E-state index is 11.3. The zero-order valence-corrected chi connectivity index (χ0v) is 16.3. The lowest BCUT2D eigenvalue weighted by atomic mass is 9.93. The van der Waals surface area contributed by atoms with Crippen LogP contribution in [0, 0.1) is 20.2 Å². The number of non-ortho nitro benzene ring substituents is 2. The number of hydrogen-bond donors (Lipinski definition) is 0. The van der Waals surface area contributed by atoms with Gasteiger partial charge >= 0.3 is 0 Å². The molecule has 5 rings (SSSR count). The normalized spacial score (nSPS) is 34.8. The number of benzene rings is 2. The van der Waals surface area contributed by atoms with Gasteiger partial charge in [-0.15, -0.1) is 0 Å². The molecule has 0 radical (unpaired) electrons. The number of rotatable bonds is 4. The van der Waals surface area contributed by atoms with Gasteiger partial charge in [0.25, 0.3) is 11.4 Å². The number of ether oxygens (including phenoxy) is 3. The summed E-state index contributed by atoms with van der Waals surface area (Å²) in [7, 11) is 0. The van der Waals surface area contributed by atoms with Crippen molar-refractivity contribution >= 4 is 11.4 Å². The van der Waals surface area contributed by atoms with Crippen LogP contribution in [0.25, 0.3) is 0 Å². The minimum Gasteiger partial charge on any atom is -0.355 e. The van der Waals surface area contributed by atoms with Gasteiger partial charge in [0.2, 0.25) is 0 Å². The number of nitrogens with zero attached hydrogens (tertiary/aromatic N) is 3. The van der Waals surface area contributed by atoms with E-state index in [1.54, 1.807) is 24.3 Å². The molecule has 0 amide bonds. The molecule has 30 heavy (non-hydrogen) atoms. The Labute approximate surface area is 171 Å². The van der Waals surface area contributed by atoms with Crippen molar-refractivity contribution in [3.8, 4) is 0 Å². The van der Waals surface area contributed by atoms with Crippen LogP contribution in [-0.4, -0.2) is 40.0 Å². The lowest BCUT2D eigenvalue weighted by Gasteiger charge is -2.32. The number of hydrogen-bond acceptors (Lipinski definition) is 8. The van der Waals surface area contributed by atoms with Gasteiger partial charge in [0, 0.05) is 24.3 Å². The first kappa shape index (κ1) is 19.1. The molecular formula is C20H19N3O7. The molecule has 0 N–H and O–H groups in total. The monoisotopic (exact) mass is 413 g/mol. The van der Waals surface area contributed by atoms with E-state index in [4.69, 9.17) is 14.2 Å². The van der Waals surface area contributed by atoms with Crippen molar-refractivity contribution < 1.29 is 24.1 Å². The molecule has 0 saturated carbocycles. The van der Waals surface area contributed by atoms with Crippen molar-refractivity contribution in [2.24, 2.45) is 0 Å². The first-order valence-corrected chi connectivity index (χ1v) is 9.48. The van der Waals surface area contributed by atoms with Crippen molar-refractivity contribution in [1.82, 2.24) is 4.90 Å². The molecule has 2 aromatic rings. The van der Waals surface area contributed by atoms with Crippen LogP contribution < -0.4 is 0 Å². The van der Waals surface area contributed by atoms with Gasteiger partial charge in [0.15, 0.2) is 0 Å². The summed E-state index contributed by atoms with van der Waals surface area (Å²) in [5.74, 6) is 0. The van der Waals surface area contributed by atoms with E-state index in [9.17, 15) is 20.2 Å². The Kier molecular flexibility index (Phi) is 4.00. The zero-order valence-electron chi connectivity index (χ0n) is 16.3. The Hall–Kier alpha value is -2.92. The average Bonchev–Trinajstić information content (AvgIpc) is 3.37. The van der Waals surface area contributed by atoms with E-state index >= 15 is 0 Å². The topological polar surface area (TPSA) is 117 Å². The Morgan fingerprint density at radius 3 is 1.97 bits per heavy atom. The Bertz CT molecular complexity index is 1000. The van der Waals surface area contributed by atoms with E-state index in [-0.39, 0.29) is 17.6 Å². The smallest absolute Gasteiger partial charge is 0.269 e. The third-order valence-electron chi connectivity index (χ3n) is 6.21. The first-order valence-electron chi connectivity index (χ1n) is 9.48. The quantitative estimate of drug-likeness (QED) is 0.555. The van der Waals surface area contributed by atoms with Crippen LogP contribution in [0.1, 0.15) is 25.0 Å². The minimum absolute atomic E-state index is 0.0309. The van der Waals surface area contributed by atoms with Crippen LogP contribution in [0.2, 0.25) is 0 Å². The summed E-state index contributed by atoms with van der Waals surface area (Å²) in [4.78, 5) is 23.6. The van der Waals surface area contributed by atoms with Crippen LogP contribution in [0.15, 0.2) is 48.5 Å². The molecule has 5 atom stereocenters. The summed E-state index contributed by atoms with van der Waals surface area (Å²) in [5.41, 5.74) is -0.765. The first-order chi connectivity index (χ1) is 14.2. The molecule has 10 nitrogen and oxygen atoms in total. The highest BCUT2D eigenvalue weighted by molar-refractivity contribution is 5.41. The van der Waals surface area contributed by atoms with Crippen molar-refractivity contribution in [2.75, 3.05) is 6.61 Å². The van der Waals surface area contributed by atoms with E-state index in [0.717, 1.165) is 0 Å². The summed E-state index contributed by atoms with van der Waals surface area (Å²) >= 11 is 0. The molecular weight excluding hydrogens is 394 g/mol. The number of nitro benzene ring substituents is 2. The lowest BCUT2D eigenvalue weighted by Crippen LogP contribution is -2.40. The van der Waals surface area contributed by atoms with Crippen LogP contribution in [0.3, 0.4) is 0 Å². The van der Waals surface area contributed by atoms with Gasteiger partial charge in [-0.25, -0.2) is 4.90 Å². The molecule has 10 heteroatoms. The molecule has 0 unspecified atom stereocenters. The van der Waals surface area contributed by atoms with E-state index in [0.29, 0.717) is 17.7 Å². The summed E-state index contributed by atoms with van der Waals surface area (Å²) in [6.07, 6.45) is -1.47. The molecule has 0 aliphatic carbocycles. The molecule has 3 aliphatic rings. The van der Waals surface area contributed by atoms with Crippen molar-refractivity contribution in [3.05, 3.63) is 79.9 Å². The summed E-state index contributed by atoms with van der Waals surface area (Å²) in [6.45, 7) is 3.98. The third-order valence-corrected chi connectivity index (χ3v) is 6.21. The van der Waals surface area contributed by atoms with Crippen LogP contribution in [0.4, 0.5) is 11.4 Å². The molecule has 2 aromatic carbocycles. The fraction of sp³-hybridized carbons (Fsp3) is 0.400. The van der Waals surface area contributed by atoms with E-state index in [1.165, 1.54) is 24.3 Å². The van der Waals surface area contributed by atoms with Crippen LogP contribution in [0.5, 0.6) is 0 Å². The summed E-state index contributed by atoms with van der Waals surface area (Å²) in [5, 5.41) is 22.5. The van der Waals surface area contributed by atoms with Gasteiger partial charge in [-0.1, -0.05) is 24.3 Å². The SMILES string of the molecule is C[C@]1(c2cccc([N+](=O)[O-])c2)O[C@H]2CO[C@@H]3N2[C@H]1O[C@]3(C)c1cccc([N+](=O)[O-])c1. The Morgan fingerprint density at radius 1 is 0.900 bits per heavy atom. The number of nitro groups is 2. The van der Waals surface area contributed by atoms with E-state index < -0.39 is 33.5 Å².